The Labute approximate surface area is 161 Å². The zero-order chi connectivity index (χ0) is 18.6. The van der Waals surface area contributed by atoms with Crippen LogP contribution in [0.2, 0.25) is 5.02 Å². The highest BCUT2D eigenvalue weighted by atomic mass is 35.5. The van der Waals surface area contributed by atoms with Crippen LogP contribution in [0.1, 0.15) is 24.2 Å². The fraction of sp³-hybridized carbons (Fsp3) is 0.250. The zero-order valence-corrected chi connectivity index (χ0v) is 15.3. The summed E-state index contributed by atoms with van der Waals surface area (Å²) in [6, 6.07) is 13.0. The van der Waals surface area contributed by atoms with E-state index in [2.05, 4.69) is 15.5 Å². The number of hydrogen-bond acceptors (Lipinski definition) is 5. The smallest absolute Gasteiger partial charge is 0.257 e. The predicted octanol–water partition coefficient (Wildman–Crippen LogP) is 4.29. The van der Waals surface area contributed by atoms with Gasteiger partial charge in [-0.05, 0) is 60.9 Å². The average Bonchev–Trinajstić information content (AvgIpc) is 3.15. The van der Waals surface area contributed by atoms with Crippen molar-refractivity contribution in [1.82, 2.24) is 10.1 Å². The first-order valence-corrected chi connectivity index (χ1v) is 9.19. The van der Waals surface area contributed by atoms with Crippen LogP contribution in [0.3, 0.4) is 0 Å². The summed E-state index contributed by atoms with van der Waals surface area (Å²) in [4.78, 5) is 15.8. The van der Waals surface area contributed by atoms with Crippen molar-refractivity contribution >= 4 is 23.2 Å². The van der Waals surface area contributed by atoms with Gasteiger partial charge in [-0.1, -0.05) is 16.8 Å². The highest BCUT2D eigenvalue weighted by Gasteiger charge is 2.15. The van der Waals surface area contributed by atoms with E-state index in [9.17, 15) is 4.79 Å². The lowest BCUT2D eigenvalue weighted by molar-refractivity contribution is -0.116. The van der Waals surface area contributed by atoms with Crippen LogP contribution in [0, 0.1) is 0 Å². The Bertz CT molecular complexity index is 953. The number of carbonyl (C=O) groups excluding carboxylic acids is 1. The number of aromatic nitrogens is 2. The summed E-state index contributed by atoms with van der Waals surface area (Å²) in [6.45, 7) is 0.552. The quantitative estimate of drug-likeness (QED) is 0.642. The van der Waals surface area contributed by atoms with Gasteiger partial charge in [0.05, 0.1) is 6.61 Å². The molecule has 0 saturated heterocycles. The van der Waals surface area contributed by atoms with Crippen molar-refractivity contribution in [3.63, 3.8) is 0 Å². The molecule has 1 aromatic heterocycles. The number of ether oxygens (including phenoxy) is 1. The Balaban J connectivity index is 1.28. The minimum Gasteiger partial charge on any atom is -0.494 e. The Morgan fingerprint density at radius 3 is 2.85 bits per heavy atom. The van der Waals surface area contributed by atoms with E-state index in [1.54, 1.807) is 12.1 Å². The number of fused-ring (bicyclic) bond motifs is 1. The van der Waals surface area contributed by atoms with E-state index in [0.29, 0.717) is 36.2 Å². The number of aryl methyl sites for hydroxylation is 2. The van der Waals surface area contributed by atoms with E-state index >= 15 is 0 Å². The molecule has 1 amide bonds. The standard InChI is InChI=1S/C20H18ClN3O3/c21-15-6-3-13(4-7-15)20-23-18(24-27-20)2-1-11-26-16-8-9-17-14(12-16)5-10-19(25)22-17/h3-4,6-9,12H,1-2,5,10-11H2,(H,22,25). The van der Waals surface area contributed by atoms with E-state index in [0.717, 1.165) is 35.4 Å². The van der Waals surface area contributed by atoms with Gasteiger partial charge in [-0.25, -0.2) is 0 Å². The van der Waals surface area contributed by atoms with Crippen LogP contribution in [-0.2, 0) is 17.6 Å². The van der Waals surface area contributed by atoms with Crippen LogP contribution in [-0.4, -0.2) is 22.7 Å². The van der Waals surface area contributed by atoms with Gasteiger partial charge in [-0.3, -0.25) is 4.79 Å². The van der Waals surface area contributed by atoms with E-state index in [-0.39, 0.29) is 5.91 Å². The van der Waals surface area contributed by atoms with Gasteiger partial charge in [0.15, 0.2) is 5.82 Å². The third-order valence-electron chi connectivity index (χ3n) is 4.34. The molecule has 4 rings (SSSR count). The number of amides is 1. The molecule has 0 unspecified atom stereocenters. The fourth-order valence-corrected chi connectivity index (χ4v) is 3.06. The molecule has 0 aliphatic carbocycles. The van der Waals surface area contributed by atoms with Gasteiger partial charge < -0.3 is 14.6 Å². The summed E-state index contributed by atoms with van der Waals surface area (Å²) < 4.78 is 11.1. The summed E-state index contributed by atoms with van der Waals surface area (Å²) in [6.07, 6.45) is 2.70. The molecule has 0 radical (unpaired) electrons. The highest BCUT2D eigenvalue weighted by molar-refractivity contribution is 6.30. The Morgan fingerprint density at radius 1 is 1.15 bits per heavy atom. The monoisotopic (exact) mass is 383 g/mol. The molecule has 1 aliphatic heterocycles. The summed E-state index contributed by atoms with van der Waals surface area (Å²) in [7, 11) is 0. The lowest BCUT2D eigenvalue weighted by Crippen LogP contribution is -2.18. The van der Waals surface area contributed by atoms with E-state index in [1.165, 1.54) is 0 Å². The van der Waals surface area contributed by atoms with Crippen molar-refractivity contribution in [2.75, 3.05) is 11.9 Å². The third kappa shape index (κ3) is 4.28. The number of nitrogens with zero attached hydrogens (tertiary/aromatic N) is 2. The second-order valence-corrected chi connectivity index (χ2v) is 6.78. The first-order valence-electron chi connectivity index (χ1n) is 8.81. The number of anilines is 1. The molecule has 0 bridgehead atoms. The molecule has 2 aromatic carbocycles. The first-order chi connectivity index (χ1) is 13.2. The maximum absolute atomic E-state index is 11.4. The molecule has 2 heterocycles. The number of carbonyl (C=O) groups is 1. The maximum atomic E-state index is 11.4. The van der Waals surface area contributed by atoms with Gasteiger partial charge >= 0.3 is 0 Å². The topological polar surface area (TPSA) is 77.2 Å². The molecule has 1 aliphatic rings. The van der Waals surface area contributed by atoms with Crippen molar-refractivity contribution in [3.8, 4) is 17.2 Å². The van der Waals surface area contributed by atoms with Gasteiger partial charge in [-0.2, -0.15) is 4.98 Å². The minimum absolute atomic E-state index is 0.0641. The largest absolute Gasteiger partial charge is 0.494 e. The van der Waals surface area contributed by atoms with E-state index < -0.39 is 0 Å². The molecule has 6 nitrogen and oxygen atoms in total. The predicted molar refractivity (Wildman–Crippen MR) is 102 cm³/mol. The molecular weight excluding hydrogens is 366 g/mol. The Hall–Kier alpha value is -2.86. The SMILES string of the molecule is O=C1CCc2cc(OCCCc3noc(-c4ccc(Cl)cc4)n3)ccc2N1. The highest BCUT2D eigenvalue weighted by Crippen LogP contribution is 2.27. The molecule has 0 atom stereocenters. The fourth-order valence-electron chi connectivity index (χ4n) is 2.94. The lowest BCUT2D eigenvalue weighted by Gasteiger charge is -2.17. The summed E-state index contributed by atoms with van der Waals surface area (Å²) >= 11 is 5.89. The van der Waals surface area contributed by atoms with Crippen LogP contribution < -0.4 is 10.1 Å². The van der Waals surface area contributed by atoms with Crippen LogP contribution in [0.5, 0.6) is 5.75 Å². The second-order valence-electron chi connectivity index (χ2n) is 6.34. The number of halogens is 1. The van der Waals surface area contributed by atoms with Gasteiger partial charge in [0.1, 0.15) is 5.75 Å². The van der Waals surface area contributed by atoms with Gasteiger partial charge in [-0.15, -0.1) is 0 Å². The molecular formula is C20H18ClN3O3. The normalized spacial score (nSPS) is 13.1. The van der Waals surface area contributed by atoms with Crippen molar-refractivity contribution in [2.45, 2.75) is 25.7 Å². The van der Waals surface area contributed by atoms with Crippen LogP contribution in [0.15, 0.2) is 47.0 Å². The van der Waals surface area contributed by atoms with Gasteiger partial charge in [0.25, 0.3) is 5.89 Å². The first kappa shape index (κ1) is 17.5. The number of benzene rings is 2. The summed E-state index contributed by atoms with van der Waals surface area (Å²) in [5.41, 5.74) is 2.83. The molecule has 27 heavy (non-hydrogen) atoms. The van der Waals surface area contributed by atoms with Gasteiger partial charge in [0.2, 0.25) is 5.91 Å². The maximum Gasteiger partial charge on any atom is 0.257 e. The molecule has 3 aromatic rings. The number of rotatable bonds is 6. The zero-order valence-electron chi connectivity index (χ0n) is 14.6. The average molecular weight is 384 g/mol. The lowest BCUT2D eigenvalue weighted by atomic mass is 10.0. The molecule has 0 fully saturated rings. The minimum atomic E-state index is 0.0641. The Morgan fingerprint density at radius 2 is 2.00 bits per heavy atom. The van der Waals surface area contributed by atoms with Crippen LogP contribution >= 0.6 is 11.6 Å². The Kier molecular flexibility index (Phi) is 5.07. The molecule has 7 heteroatoms. The van der Waals surface area contributed by atoms with E-state index in [4.69, 9.17) is 20.9 Å². The van der Waals surface area contributed by atoms with E-state index in [1.807, 2.05) is 30.3 Å². The summed E-state index contributed by atoms with van der Waals surface area (Å²) in [5.74, 6) is 2.00. The number of hydrogen-bond donors (Lipinski definition) is 1. The molecule has 0 spiro atoms. The van der Waals surface area contributed by atoms with Crippen molar-refractivity contribution in [1.29, 1.82) is 0 Å². The molecule has 138 valence electrons. The van der Waals surface area contributed by atoms with Crippen LogP contribution in [0.4, 0.5) is 5.69 Å². The van der Waals surface area contributed by atoms with Gasteiger partial charge in [0, 0.05) is 29.1 Å². The molecule has 1 N–H and O–H groups in total. The van der Waals surface area contributed by atoms with Crippen molar-refractivity contribution in [2.24, 2.45) is 0 Å². The van der Waals surface area contributed by atoms with Crippen LogP contribution in [0.25, 0.3) is 11.5 Å². The summed E-state index contributed by atoms with van der Waals surface area (Å²) in [5, 5.41) is 7.54. The third-order valence-corrected chi connectivity index (χ3v) is 4.60. The van der Waals surface area contributed by atoms with Crippen molar-refractivity contribution in [3.05, 3.63) is 58.9 Å². The second kappa shape index (κ2) is 7.80. The number of nitrogens with one attached hydrogen (secondary N) is 1. The van der Waals surface area contributed by atoms with Crippen molar-refractivity contribution < 1.29 is 14.1 Å². The molecule has 0 saturated carbocycles.